The number of halogens is 3. The normalized spacial score (nSPS) is 11.8. The van der Waals surface area contributed by atoms with E-state index in [1.807, 2.05) is 0 Å². The topological polar surface area (TPSA) is 69.6 Å². The minimum Gasteiger partial charge on any atom is -0.464 e. The molecule has 18 heavy (non-hydrogen) atoms. The lowest BCUT2D eigenvalue weighted by atomic mass is 10.3. The zero-order valence-electron chi connectivity index (χ0n) is 9.15. The van der Waals surface area contributed by atoms with Crippen molar-refractivity contribution >= 4 is 17.4 Å². The van der Waals surface area contributed by atoms with E-state index in [9.17, 15) is 18.0 Å². The number of nitrogens with two attached hydrogens (primary N) is 1. The van der Waals surface area contributed by atoms with E-state index in [0.29, 0.717) is 0 Å². The Kier molecular flexibility index (Phi) is 2.64. The van der Waals surface area contributed by atoms with Gasteiger partial charge in [0.15, 0.2) is 5.69 Å². The van der Waals surface area contributed by atoms with Gasteiger partial charge in [0, 0.05) is 6.20 Å². The van der Waals surface area contributed by atoms with Crippen LogP contribution in [0.5, 0.6) is 0 Å². The summed E-state index contributed by atoms with van der Waals surface area (Å²) < 4.78 is 43.0. The molecule has 0 saturated carbocycles. The van der Waals surface area contributed by atoms with Crippen LogP contribution in [-0.2, 0) is 10.9 Å². The summed E-state index contributed by atoms with van der Waals surface area (Å²) >= 11 is 0. The number of nitrogen functional groups attached to an aromatic ring is 1. The molecule has 0 atom stereocenters. The molecule has 0 aromatic carbocycles. The number of carbonyl (C=O) groups is 1. The highest BCUT2D eigenvalue weighted by Gasteiger charge is 2.31. The van der Waals surface area contributed by atoms with Gasteiger partial charge in [-0.05, 0) is 12.1 Å². The molecule has 2 aromatic rings. The van der Waals surface area contributed by atoms with Gasteiger partial charge in [0.2, 0.25) is 0 Å². The van der Waals surface area contributed by atoms with Gasteiger partial charge in [0.05, 0.1) is 12.7 Å². The van der Waals surface area contributed by atoms with Crippen LogP contribution < -0.4 is 5.73 Å². The Morgan fingerprint density at radius 1 is 1.44 bits per heavy atom. The maximum absolute atomic E-state index is 12.5. The van der Waals surface area contributed by atoms with E-state index in [4.69, 9.17) is 5.73 Å². The highest BCUT2D eigenvalue weighted by atomic mass is 19.4. The number of anilines is 1. The number of pyridine rings is 1. The average Bonchev–Trinajstić information content (AvgIpc) is 2.64. The van der Waals surface area contributed by atoms with Gasteiger partial charge < -0.3 is 10.5 Å². The van der Waals surface area contributed by atoms with Crippen molar-refractivity contribution in [1.29, 1.82) is 0 Å². The summed E-state index contributed by atoms with van der Waals surface area (Å²) in [4.78, 5) is 15.1. The maximum atomic E-state index is 12.5. The molecule has 0 radical (unpaired) electrons. The number of hydrogen-bond donors (Lipinski definition) is 1. The minimum absolute atomic E-state index is 0.140. The molecule has 0 aliphatic heterocycles. The van der Waals surface area contributed by atoms with Crippen LogP contribution in [0.2, 0.25) is 0 Å². The van der Waals surface area contributed by atoms with Gasteiger partial charge in [-0.3, -0.25) is 4.40 Å². The third-order valence-corrected chi connectivity index (χ3v) is 2.36. The van der Waals surface area contributed by atoms with E-state index < -0.39 is 17.7 Å². The zero-order valence-corrected chi connectivity index (χ0v) is 9.15. The lowest BCUT2D eigenvalue weighted by Crippen LogP contribution is -2.08. The van der Waals surface area contributed by atoms with Gasteiger partial charge in [-0.15, -0.1) is 0 Å². The molecule has 8 heteroatoms. The van der Waals surface area contributed by atoms with Gasteiger partial charge in [0.25, 0.3) is 0 Å². The molecule has 0 amide bonds. The highest BCUT2D eigenvalue weighted by Crippen LogP contribution is 2.30. The smallest absolute Gasteiger partial charge is 0.417 e. The Labute approximate surface area is 99.0 Å². The lowest BCUT2D eigenvalue weighted by molar-refractivity contribution is -0.137. The van der Waals surface area contributed by atoms with Gasteiger partial charge in [-0.25, -0.2) is 9.78 Å². The van der Waals surface area contributed by atoms with Crippen LogP contribution in [0.25, 0.3) is 5.65 Å². The molecule has 0 spiro atoms. The van der Waals surface area contributed by atoms with E-state index in [1.54, 1.807) is 0 Å². The third-order valence-electron chi connectivity index (χ3n) is 2.36. The zero-order chi connectivity index (χ0) is 13.5. The molecule has 2 rings (SSSR count). The summed E-state index contributed by atoms with van der Waals surface area (Å²) in [6, 6.07) is 1.99. The number of methoxy groups -OCH3 is 1. The molecular weight excluding hydrogens is 251 g/mol. The first kappa shape index (κ1) is 12.2. The Hall–Kier alpha value is -2.25. The van der Waals surface area contributed by atoms with Crippen LogP contribution >= 0.6 is 0 Å². The Morgan fingerprint density at radius 2 is 2.11 bits per heavy atom. The molecule has 0 aliphatic carbocycles. The SMILES string of the molecule is COC(=O)c1nc2ccc(C(F)(F)F)cn2c1N. The number of ether oxygens (including phenoxy) is 1. The summed E-state index contributed by atoms with van der Waals surface area (Å²) in [7, 11) is 1.13. The fraction of sp³-hybridized carbons (Fsp3) is 0.200. The highest BCUT2D eigenvalue weighted by molar-refractivity contribution is 5.93. The number of alkyl halides is 3. The largest absolute Gasteiger partial charge is 0.464 e. The van der Waals surface area contributed by atoms with E-state index in [2.05, 4.69) is 9.72 Å². The predicted octanol–water partition coefficient (Wildman–Crippen LogP) is 1.72. The van der Waals surface area contributed by atoms with E-state index in [-0.39, 0.29) is 17.2 Å². The number of esters is 1. The maximum Gasteiger partial charge on any atom is 0.417 e. The van der Waals surface area contributed by atoms with Crippen LogP contribution in [0.3, 0.4) is 0 Å². The molecule has 0 aliphatic rings. The second kappa shape index (κ2) is 3.90. The number of aromatic nitrogens is 2. The molecule has 2 heterocycles. The Balaban J connectivity index is 2.64. The standard InChI is InChI=1S/C10H8F3N3O2/c1-18-9(17)7-8(14)16-4-5(10(11,12)13)2-3-6(16)15-7/h2-4H,14H2,1H3. The molecule has 5 nitrogen and oxygen atoms in total. The summed E-state index contributed by atoms with van der Waals surface area (Å²) in [5, 5.41) is 0. The Bertz CT molecular complexity index is 619. The molecule has 2 N–H and O–H groups in total. The first-order valence-corrected chi connectivity index (χ1v) is 4.77. The van der Waals surface area contributed by atoms with Crippen molar-refractivity contribution in [1.82, 2.24) is 9.38 Å². The molecule has 0 saturated heterocycles. The van der Waals surface area contributed by atoms with Crippen molar-refractivity contribution < 1.29 is 22.7 Å². The molecule has 96 valence electrons. The van der Waals surface area contributed by atoms with Crippen molar-refractivity contribution in [2.45, 2.75) is 6.18 Å². The summed E-state index contributed by atoms with van der Waals surface area (Å²) in [6.07, 6.45) is -3.71. The predicted molar refractivity (Wildman–Crippen MR) is 55.9 cm³/mol. The van der Waals surface area contributed by atoms with Gasteiger partial charge in [0.1, 0.15) is 11.5 Å². The van der Waals surface area contributed by atoms with E-state index in [1.165, 1.54) is 0 Å². The summed E-state index contributed by atoms with van der Waals surface area (Å²) in [5.74, 6) is -0.993. The molecule has 2 aromatic heterocycles. The molecule has 0 fully saturated rings. The number of carbonyl (C=O) groups excluding carboxylic acids is 1. The second-order valence-electron chi connectivity index (χ2n) is 3.48. The van der Waals surface area contributed by atoms with Crippen molar-refractivity contribution in [3.05, 3.63) is 29.6 Å². The Morgan fingerprint density at radius 3 is 2.67 bits per heavy atom. The fourth-order valence-electron chi connectivity index (χ4n) is 1.48. The summed E-state index contributed by atoms with van der Waals surface area (Å²) in [6.45, 7) is 0. The third kappa shape index (κ3) is 1.85. The van der Waals surface area contributed by atoms with Crippen LogP contribution in [0.4, 0.5) is 19.0 Å². The molecule has 0 bridgehead atoms. The van der Waals surface area contributed by atoms with Gasteiger partial charge in [-0.2, -0.15) is 13.2 Å². The minimum atomic E-state index is -4.49. The lowest BCUT2D eigenvalue weighted by Gasteiger charge is -2.06. The van der Waals surface area contributed by atoms with E-state index in [0.717, 1.165) is 29.8 Å². The number of imidazole rings is 1. The van der Waals surface area contributed by atoms with Crippen LogP contribution in [0.1, 0.15) is 16.1 Å². The fourth-order valence-corrected chi connectivity index (χ4v) is 1.48. The van der Waals surface area contributed by atoms with Crippen LogP contribution in [0, 0.1) is 0 Å². The van der Waals surface area contributed by atoms with Crippen LogP contribution in [-0.4, -0.2) is 22.5 Å². The number of rotatable bonds is 1. The second-order valence-corrected chi connectivity index (χ2v) is 3.48. The quantitative estimate of drug-likeness (QED) is 0.792. The first-order chi connectivity index (χ1) is 8.34. The average molecular weight is 259 g/mol. The molecular formula is C10H8F3N3O2. The summed E-state index contributed by atoms with van der Waals surface area (Å²) in [5.41, 5.74) is 4.61. The number of fused-ring (bicyclic) bond motifs is 1. The van der Waals surface area contributed by atoms with Crippen molar-refractivity contribution in [2.75, 3.05) is 12.8 Å². The van der Waals surface area contributed by atoms with Crippen molar-refractivity contribution in [2.24, 2.45) is 0 Å². The van der Waals surface area contributed by atoms with Crippen LogP contribution in [0.15, 0.2) is 18.3 Å². The number of hydrogen-bond acceptors (Lipinski definition) is 4. The van der Waals surface area contributed by atoms with Gasteiger partial charge >= 0.3 is 12.1 Å². The van der Waals surface area contributed by atoms with E-state index >= 15 is 0 Å². The van der Waals surface area contributed by atoms with Crippen molar-refractivity contribution in [3.63, 3.8) is 0 Å². The van der Waals surface area contributed by atoms with Gasteiger partial charge in [-0.1, -0.05) is 0 Å². The first-order valence-electron chi connectivity index (χ1n) is 4.77. The molecule has 0 unspecified atom stereocenters. The monoisotopic (exact) mass is 259 g/mol. The number of nitrogens with zero attached hydrogens (tertiary/aromatic N) is 2. The van der Waals surface area contributed by atoms with Crippen molar-refractivity contribution in [3.8, 4) is 0 Å².